The number of hydrogen-bond donors (Lipinski definition) is 0. The average molecular weight is 1520 g/mol. The van der Waals surface area contributed by atoms with Crippen LogP contribution in [0.2, 0.25) is 0 Å². The van der Waals surface area contributed by atoms with Crippen LogP contribution in [0.5, 0.6) is 0 Å². The molecule has 8 nitrogen and oxygen atoms in total. The van der Waals surface area contributed by atoms with Crippen molar-refractivity contribution < 1.29 is 37.3 Å². The molecule has 12 heteroatoms. The number of esters is 2. The second-order valence-electron chi connectivity index (χ2n) is 28.3. The Kier molecular flexibility index (Phi) is 20.5. The predicted molar refractivity (Wildman–Crippen MR) is 465 cm³/mol. The summed E-state index contributed by atoms with van der Waals surface area (Å²) < 4.78 is 80.0. The van der Waals surface area contributed by atoms with Crippen LogP contribution in [0.25, 0.3) is 77.5 Å². The number of fused-ring (bicyclic) bond motifs is 4. The van der Waals surface area contributed by atoms with Crippen LogP contribution in [0.3, 0.4) is 0 Å². The quantitative estimate of drug-likeness (QED) is 0.0374. The molecule has 0 spiro atoms. The summed E-state index contributed by atoms with van der Waals surface area (Å²) >= 11 is 0. The molecule has 16 aromatic rings. The maximum atomic E-state index is 17.1. The lowest BCUT2D eigenvalue weighted by Gasteiger charge is -2.28. The highest BCUT2D eigenvalue weighted by atomic mass is 31.2. The van der Waals surface area contributed by atoms with E-state index in [4.69, 9.17) is 9.47 Å². The van der Waals surface area contributed by atoms with Gasteiger partial charge in [-0.1, -0.05) is 366 Å². The van der Waals surface area contributed by atoms with Gasteiger partial charge in [0, 0.05) is 103 Å². The summed E-state index contributed by atoms with van der Waals surface area (Å²) in [6, 6.07) is 120. The summed E-state index contributed by atoms with van der Waals surface area (Å²) in [5.74, 6) is -1.24. The Morgan fingerprint density at radius 1 is 0.252 bits per heavy atom. The molecule has 0 atom stereocenters. The molecular weight excluding hydrogens is 1440 g/mol. The van der Waals surface area contributed by atoms with Gasteiger partial charge in [-0.3, -0.25) is 0 Å². The van der Waals surface area contributed by atoms with Crippen LogP contribution < -0.4 is 63.7 Å². The Morgan fingerprint density at radius 2 is 0.477 bits per heavy atom. The summed E-state index contributed by atoms with van der Waals surface area (Å²) in [6.07, 6.45) is 6.22. The van der Waals surface area contributed by atoms with Gasteiger partial charge in [0.2, 0.25) is 0 Å². The van der Waals surface area contributed by atoms with E-state index in [9.17, 15) is 9.59 Å². The van der Waals surface area contributed by atoms with E-state index < -0.39 is 45.9 Å². The Labute approximate surface area is 646 Å². The van der Waals surface area contributed by atoms with E-state index in [0.29, 0.717) is 97.0 Å². The van der Waals surface area contributed by atoms with Crippen molar-refractivity contribution in [3.8, 4) is 22.3 Å². The summed E-state index contributed by atoms with van der Waals surface area (Å²) in [5, 5.41) is 13.9. The van der Waals surface area contributed by atoms with Gasteiger partial charge in [-0.05, 0) is 90.6 Å². The van der Waals surface area contributed by atoms with Gasteiger partial charge in [0.15, 0.2) is 28.6 Å². The summed E-state index contributed by atoms with van der Waals surface area (Å²) in [7, 11) is -15.0. The van der Waals surface area contributed by atoms with Crippen LogP contribution in [0, 0.1) is 5.41 Å². The molecule has 0 aromatic heterocycles. The van der Waals surface area contributed by atoms with E-state index in [1.807, 2.05) is 390 Å². The highest BCUT2D eigenvalue weighted by molar-refractivity contribution is 7.87. The number of carbonyl (C=O) groups excluding carboxylic acids is 2. The number of hydrogen-bond acceptors (Lipinski definition) is 8. The fourth-order valence-corrected chi connectivity index (χ4v) is 26.9. The fourth-order valence-electron chi connectivity index (χ4n) is 15.5. The van der Waals surface area contributed by atoms with Crippen LogP contribution >= 0.6 is 28.6 Å². The van der Waals surface area contributed by atoms with Gasteiger partial charge in [-0.15, -0.1) is 0 Å². The zero-order valence-corrected chi connectivity index (χ0v) is 64.7. The minimum Gasteiger partial charge on any atom is -0.462 e. The Bertz CT molecular complexity index is 5890. The van der Waals surface area contributed by atoms with E-state index >= 15 is 18.3 Å². The molecule has 0 N–H and O–H groups in total. The molecule has 0 fully saturated rings. The maximum Gasteiger partial charge on any atom is 0.330 e. The van der Waals surface area contributed by atoms with Gasteiger partial charge in [0.05, 0.1) is 13.2 Å². The molecule has 0 radical (unpaired) electrons. The molecule has 0 bridgehead atoms. The van der Waals surface area contributed by atoms with E-state index in [1.54, 1.807) is 12.2 Å². The van der Waals surface area contributed by atoms with Crippen molar-refractivity contribution in [2.45, 2.75) is 13.8 Å². The van der Waals surface area contributed by atoms with Crippen molar-refractivity contribution in [3.05, 3.63) is 399 Å². The fraction of sp³-hybridized carbons (Fsp3) is 0.0505. The van der Waals surface area contributed by atoms with Gasteiger partial charge in [-0.25, -0.2) is 9.59 Å². The average Bonchev–Trinajstić information content (AvgIpc) is 0.714. The lowest BCUT2D eigenvalue weighted by atomic mass is 9.92. The van der Waals surface area contributed by atoms with Crippen molar-refractivity contribution in [2.24, 2.45) is 5.41 Å². The molecule has 0 saturated heterocycles. The lowest BCUT2D eigenvalue weighted by Crippen LogP contribution is -2.30. The molecule has 540 valence electrons. The Balaban J connectivity index is 0.731. The van der Waals surface area contributed by atoms with E-state index in [-0.39, 0.29) is 13.2 Å². The van der Waals surface area contributed by atoms with Crippen LogP contribution in [0.4, 0.5) is 0 Å². The molecule has 0 aliphatic heterocycles. The van der Waals surface area contributed by atoms with Crippen molar-refractivity contribution >= 4 is 159 Å². The normalized spacial score (nSPS) is 12.3. The van der Waals surface area contributed by atoms with Crippen molar-refractivity contribution in [1.82, 2.24) is 0 Å². The van der Waals surface area contributed by atoms with Crippen LogP contribution in [-0.2, 0) is 37.3 Å². The van der Waals surface area contributed by atoms with Crippen molar-refractivity contribution in [3.63, 3.8) is 0 Å². The largest absolute Gasteiger partial charge is 0.462 e. The third kappa shape index (κ3) is 13.7. The molecule has 0 unspecified atom stereocenters. The smallest absolute Gasteiger partial charge is 0.330 e. The first-order chi connectivity index (χ1) is 54.2. The SMILES string of the molecule is CC(C)(COC(=O)/C=C/c1cccc2c(-c3c(P(=O)(c4ccccc4)c4ccccc4)ccc4ccccc34)c(P(=O)(c3ccccc3)c3ccccc3)ccc12)COC(=O)/C=C/c1cccc2c(-c3c(P(=O)(c4ccccc4)c4ccccc4)ccc4ccccc34)c(P(=O)(c3ccccc3)c3ccccc3)ccc12. The van der Waals surface area contributed by atoms with Gasteiger partial charge in [0.25, 0.3) is 0 Å². The summed E-state index contributed by atoms with van der Waals surface area (Å²) in [5.41, 5.74) is 3.21. The second kappa shape index (κ2) is 31.1. The monoisotopic (exact) mass is 1520 g/mol. The van der Waals surface area contributed by atoms with Crippen LogP contribution in [-0.4, -0.2) is 25.2 Å². The minimum absolute atomic E-state index is 0.0981. The third-order valence-electron chi connectivity index (χ3n) is 20.8. The standard InChI is InChI=1S/C99H76O8P4/c1-99(2,69-106-93(100)67-59-71-35-31-55-87-83(71)61-65-91(110(104,79-45-19-7-20-46-79)80-47-21-8-22-48-80)97(87)95-85-53-29-27-33-73(85)57-63-89(95)108(102,75-37-11-3-12-38-75)76-39-13-4-14-40-76)70-107-94(101)68-60-72-36-32-56-88-84(72)62-66-92(111(105,81-49-23-9-24-50-81)82-51-25-10-26-52-82)98(88)96-86-54-30-28-34-74(86)58-64-90(96)109(103,77-41-15-5-16-42-77)78-43-17-6-18-44-78/h3-68H,69-70H2,1-2H3/b67-59+,68-60+. The van der Waals surface area contributed by atoms with Gasteiger partial charge < -0.3 is 27.7 Å². The predicted octanol–water partition coefficient (Wildman–Crippen LogP) is 19.0. The first kappa shape index (κ1) is 73.1. The molecule has 0 aliphatic rings. The van der Waals surface area contributed by atoms with E-state index in [0.717, 1.165) is 43.1 Å². The molecule has 0 heterocycles. The summed E-state index contributed by atoms with van der Waals surface area (Å²) in [4.78, 5) is 28.3. The first-order valence-corrected chi connectivity index (χ1v) is 43.7. The van der Waals surface area contributed by atoms with Crippen LogP contribution in [0.1, 0.15) is 25.0 Å². The highest BCUT2D eigenvalue weighted by Gasteiger charge is 2.41. The molecule has 0 aliphatic carbocycles. The third-order valence-corrected chi connectivity index (χ3v) is 33.2. The summed E-state index contributed by atoms with van der Waals surface area (Å²) in [6.45, 7) is 3.51. The van der Waals surface area contributed by atoms with E-state index in [1.165, 1.54) is 12.2 Å². The topological polar surface area (TPSA) is 121 Å². The molecule has 0 amide bonds. The van der Waals surface area contributed by atoms with Gasteiger partial charge in [-0.2, -0.15) is 0 Å². The maximum absolute atomic E-state index is 17.1. The molecule has 111 heavy (non-hydrogen) atoms. The van der Waals surface area contributed by atoms with Crippen LogP contribution in [0.15, 0.2) is 388 Å². The molecule has 16 rings (SSSR count). The van der Waals surface area contributed by atoms with Gasteiger partial charge >= 0.3 is 11.9 Å². The Hall–Kier alpha value is -12.1. The molecular formula is C99H76O8P4. The molecule has 16 aromatic carbocycles. The zero-order chi connectivity index (χ0) is 76.2. The lowest BCUT2D eigenvalue weighted by molar-refractivity contribution is -0.146. The number of benzene rings is 16. The highest BCUT2D eigenvalue weighted by Crippen LogP contribution is 2.55. The van der Waals surface area contributed by atoms with Crippen molar-refractivity contribution in [2.75, 3.05) is 13.2 Å². The van der Waals surface area contributed by atoms with E-state index in [2.05, 4.69) is 0 Å². The first-order valence-electron chi connectivity index (χ1n) is 36.9. The second-order valence-corrected chi connectivity index (χ2v) is 39.3. The van der Waals surface area contributed by atoms with Gasteiger partial charge in [0.1, 0.15) is 0 Å². The minimum atomic E-state index is -3.78. The number of carbonyl (C=O) groups is 2. The number of ether oxygens (including phenoxy) is 2. The van der Waals surface area contributed by atoms with Crippen molar-refractivity contribution in [1.29, 1.82) is 0 Å². The Morgan fingerprint density at radius 3 is 0.748 bits per heavy atom. The molecule has 0 saturated carbocycles. The number of rotatable bonds is 22. The zero-order valence-electron chi connectivity index (χ0n) is 61.1.